The number of aliphatic hydroxyl groups is 1. The highest BCUT2D eigenvalue weighted by Gasteiger charge is 2.31. The van der Waals surface area contributed by atoms with Gasteiger partial charge >= 0.3 is 0 Å². The molecular formula is C16H20N2O2S. The molecule has 1 saturated heterocycles. The number of rotatable bonds is 2. The van der Waals surface area contributed by atoms with Crippen molar-refractivity contribution in [3.63, 3.8) is 0 Å². The Kier molecular flexibility index (Phi) is 3.63. The Morgan fingerprint density at radius 1 is 1.52 bits per heavy atom. The molecule has 2 atom stereocenters. The van der Waals surface area contributed by atoms with Gasteiger partial charge in [-0.05, 0) is 31.9 Å². The lowest BCUT2D eigenvalue weighted by Gasteiger charge is -2.17. The summed E-state index contributed by atoms with van der Waals surface area (Å²) in [5, 5.41) is 10.6. The number of hydrogen-bond donors (Lipinski definition) is 2. The maximum absolute atomic E-state index is 12.7. The monoisotopic (exact) mass is 304 g/mol. The first kappa shape index (κ1) is 14.4. The molecule has 5 heteroatoms. The fourth-order valence-corrected chi connectivity index (χ4v) is 4.08. The maximum atomic E-state index is 12.7. The van der Waals surface area contributed by atoms with Crippen molar-refractivity contribution in [1.29, 1.82) is 0 Å². The van der Waals surface area contributed by atoms with Crippen LogP contribution in [0.15, 0.2) is 18.2 Å². The molecule has 1 amide bonds. The Morgan fingerprint density at radius 2 is 2.29 bits per heavy atom. The molecule has 2 unspecified atom stereocenters. The molecule has 3 N–H and O–H groups in total. The van der Waals surface area contributed by atoms with Gasteiger partial charge in [0, 0.05) is 29.1 Å². The number of likely N-dealkylation sites (tertiary alicyclic amines) is 1. The van der Waals surface area contributed by atoms with E-state index in [4.69, 9.17) is 5.73 Å². The predicted molar refractivity (Wildman–Crippen MR) is 86.7 cm³/mol. The molecule has 1 aromatic carbocycles. The molecule has 0 radical (unpaired) electrons. The molecule has 0 bridgehead atoms. The molecule has 2 heterocycles. The lowest BCUT2D eigenvalue weighted by Crippen LogP contribution is -2.30. The van der Waals surface area contributed by atoms with E-state index in [2.05, 4.69) is 6.07 Å². The molecule has 0 aliphatic carbocycles. The van der Waals surface area contributed by atoms with E-state index in [0.717, 1.165) is 22.1 Å². The Hall–Kier alpha value is -1.59. The summed E-state index contributed by atoms with van der Waals surface area (Å²) in [6, 6.07) is 6.06. The summed E-state index contributed by atoms with van der Waals surface area (Å²) in [5.74, 6) is 0.168. The Morgan fingerprint density at radius 3 is 2.95 bits per heavy atom. The zero-order valence-electron chi connectivity index (χ0n) is 12.3. The molecule has 1 aromatic heterocycles. The number of aryl methyl sites for hydroxylation is 1. The molecule has 21 heavy (non-hydrogen) atoms. The molecule has 1 aliphatic heterocycles. The third-order valence-electron chi connectivity index (χ3n) is 4.27. The van der Waals surface area contributed by atoms with Gasteiger partial charge in [0.2, 0.25) is 0 Å². The van der Waals surface area contributed by atoms with Gasteiger partial charge in [0.05, 0.1) is 11.8 Å². The van der Waals surface area contributed by atoms with E-state index in [1.165, 1.54) is 11.3 Å². The minimum absolute atomic E-state index is 0.00509. The molecule has 112 valence electrons. The third-order valence-corrected chi connectivity index (χ3v) is 5.43. The van der Waals surface area contributed by atoms with E-state index < -0.39 is 0 Å². The van der Waals surface area contributed by atoms with Crippen molar-refractivity contribution in [2.75, 3.05) is 18.8 Å². The van der Waals surface area contributed by atoms with Gasteiger partial charge in [-0.1, -0.05) is 12.1 Å². The summed E-state index contributed by atoms with van der Waals surface area (Å²) in [4.78, 5) is 15.1. The first-order valence-corrected chi connectivity index (χ1v) is 8.05. The van der Waals surface area contributed by atoms with Crippen molar-refractivity contribution < 1.29 is 9.90 Å². The summed E-state index contributed by atoms with van der Waals surface area (Å²) in [6.07, 6.45) is 0.484. The topological polar surface area (TPSA) is 66.6 Å². The van der Waals surface area contributed by atoms with Crippen LogP contribution in [0.3, 0.4) is 0 Å². The lowest BCUT2D eigenvalue weighted by molar-refractivity contribution is 0.0768. The Balaban J connectivity index is 1.90. The van der Waals surface area contributed by atoms with Gasteiger partial charge in [-0.15, -0.1) is 11.3 Å². The summed E-state index contributed by atoms with van der Waals surface area (Å²) < 4.78 is 1.06. The number of anilines is 1. The van der Waals surface area contributed by atoms with Crippen LogP contribution in [0.4, 0.5) is 5.69 Å². The van der Waals surface area contributed by atoms with Gasteiger partial charge in [0.25, 0.3) is 5.91 Å². The average Bonchev–Trinajstić information content (AvgIpc) is 3.03. The minimum Gasteiger partial charge on any atom is -0.397 e. The van der Waals surface area contributed by atoms with Crippen molar-refractivity contribution in [2.24, 2.45) is 5.92 Å². The van der Waals surface area contributed by atoms with Crippen LogP contribution < -0.4 is 5.73 Å². The lowest BCUT2D eigenvalue weighted by atomic mass is 10.0. The van der Waals surface area contributed by atoms with Crippen LogP contribution in [0.2, 0.25) is 0 Å². The van der Waals surface area contributed by atoms with E-state index in [1.54, 1.807) is 6.92 Å². The molecule has 2 aromatic rings. The van der Waals surface area contributed by atoms with Crippen molar-refractivity contribution in [3.8, 4) is 0 Å². The van der Waals surface area contributed by atoms with Crippen LogP contribution in [0.25, 0.3) is 10.1 Å². The number of nitrogens with two attached hydrogens (primary N) is 1. The number of thiophene rings is 1. The Labute approximate surface area is 128 Å². The number of fused-ring (bicyclic) bond motifs is 1. The van der Waals surface area contributed by atoms with Gasteiger partial charge in [-0.2, -0.15) is 0 Å². The summed E-state index contributed by atoms with van der Waals surface area (Å²) in [7, 11) is 0. The van der Waals surface area contributed by atoms with Crippen LogP contribution in [0.1, 0.15) is 28.6 Å². The van der Waals surface area contributed by atoms with E-state index in [1.807, 2.05) is 24.0 Å². The average molecular weight is 304 g/mol. The third kappa shape index (κ3) is 2.51. The highest BCUT2D eigenvalue weighted by Crippen LogP contribution is 2.36. The highest BCUT2D eigenvalue weighted by molar-refractivity contribution is 7.21. The zero-order valence-corrected chi connectivity index (χ0v) is 13.1. The van der Waals surface area contributed by atoms with E-state index in [0.29, 0.717) is 23.7 Å². The number of aliphatic hydroxyl groups excluding tert-OH is 1. The second-order valence-corrected chi connectivity index (χ2v) is 6.94. The minimum atomic E-state index is -0.370. The van der Waals surface area contributed by atoms with Crippen molar-refractivity contribution in [2.45, 2.75) is 26.4 Å². The molecule has 1 fully saturated rings. The Bertz CT molecular complexity index is 693. The zero-order chi connectivity index (χ0) is 15.1. The van der Waals surface area contributed by atoms with Crippen LogP contribution in [0, 0.1) is 12.8 Å². The van der Waals surface area contributed by atoms with E-state index >= 15 is 0 Å². The highest BCUT2D eigenvalue weighted by atomic mass is 32.1. The second kappa shape index (κ2) is 5.31. The van der Waals surface area contributed by atoms with Gasteiger partial charge in [0.15, 0.2) is 0 Å². The molecule has 4 nitrogen and oxygen atoms in total. The van der Waals surface area contributed by atoms with Gasteiger partial charge in [-0.3, -0.25) is 4.79 Å². The smallest absolute Gasteiger partial charge is 0.266 e. The summed E-state index contributed by atoms with van der Waals surface area (Å²) >= 11 is 1.46. The van der Waals surface area contributed by atoms with Crippen molar-refractivity contribution in [3.05, 3.63) is 28.6 Å². The number of carbonyl (C=O) groups is 1. The number of hydrogen-bond acceptors (Lipinski definition) is 4. The molecule has 0 saturated carbocycles. The van der Waals surface area contributed by atoms with E-state index in [9.17, 15) is 9.90 Å². The molecule has 1 aliphatic rings. The number of benzene rings is 1. The maximum Gasteiger partial charge on any atom is 0.266 e. The molecule has 0 spiro atoms. The first-order valence-electron chi connectivity index (χ1n) is 7.23. The number of nitrogen functional groups attached to an aromatic ring is 1. The number of nitrogens with zero attached hydrogens (tertiary/aromatic N) is 1. The first-order chi connectivity index (χ1) is 9.97. The summed E-state index contributed by atoms with van der Waals surface area (Å²) in [5.41, 5.74) is 7.91. The predicted octanol–water partition coefficient (Wildman–Crippen LogP) is 2.63. The van der Waals surface area contributed by atoms with Crippen molar-refractivity contribution >= 4 is 33.0 Å². The SMILES string of the molecule is Cc1ccc2c(N)c(C(=O)N3CCC(C(C)O)C3)sc2c1. The standard InChI is InChI=1S/C16H20N2O2S/c1-9-3-4-12-13(7-9)21-15(14(12)17)16(20)18-6-5-11(8-18)10(2)19/h3-4,7,10-11,19H,5-6,8,17H2,1-2H3. The summed E-state index contributed by atoms with van der Waals surface area (Å²) in [6.45, 7) is 5.13. The number of carbonyl (C=O) groups excluding carboxylic acids is 1. The second-order valence-electron chi connectivity index (χ2n) is 5.89. The van der Waals surface area contributed by atoms with Gasteiger partial charge in [-0.25, -0.2) is 0 Å². The normalized spacial score (nSPS) is 20.1. The molecular weight excluding hydrogens is 284 g/mol. The fraction of sp³-hybridized carbons (Fsp3) is 0.438. The largest absolute Gasteiger partial charge is 0.397 e. The van der Waals surface area contributed by atoms with Crippen LogP contribution in [-0.4, -0.2) is 35.1 Å². The van der Waals surface area contributed by atoms with Crippen LogP contribution in [0.5, 0.6) is 0 Å². The van der Waals surface area contributed by atoms with Gasteiger partial charge < -0.3 is 15.7 Å². The fourth-order valence-electron chi connectivity index (χ4n) is 2.89. The van der Waals surface area contributed by atoms with Crippen LogP contribution >= 0.6 is 11.3 Å². The van der Waals surface area contributed by atoms with Crippen molar-refractivity contribution in [1.82, 2.24) is 4.90 Å². The quantitative estimate of drug-likeness (QED) is 0.896. The van der Waals surface area contributed by atoms with E-state index in [-0.39, 0.29) is 17.9 Å². The molecule has 3 rings (SSSR count). The number of amides is 1. The van der Waals surface area contributed by atoms with Crippen LogP contribution in [-0.2, 0) is 0 Å². The van der Waals surface area contributed by atoms with Gasteiger partial charge in [0.1, 0.15) is 4.88 Å².